The maximum Gasteiger partial charge on any atom is 0.396 e. The van der Waals surface area contributed by atoms with E-state index in [4.69, 9.17) is 0 Å². The van der Waals surface area contributed by atoms with E-state index in [1.54, 1.807) is 11.8 Å². The Hall–Kier alpha value is -1.59. The molecule has 1 unspecified atom stereocenters. The molecule has 1 fully saturated rings. The number of rotatable bonds is 2. The second kappa shape index (κ2) is 5.48. The van der Waals surface area contributed by atoms with Gasteiger partial charge in [0.05, 0.1) is 7.11 Å². The number of likely N-dealkylation sites (tertiary alicyclic amines) is 1. The van der Waals surface area contributed by atoms with Crippen LogP contribution in [-0.4, -0.2) is 48.9 Å². The fraction of sp³-hybridized carbons (Fsp3) is 0.700. The quantitative estimate of drug-likeness (QED) is 0.500. The molecule has 0 aromatic carbocycles. The van der Waals surface area contributed by atoms with Crippen LogP contribution < -0.4 is 5.32 Å². The Morgan fingerprint density at radius 3 is 2.31 bits per heavy atom. The zero-order valence-corrected chi connectivity index (χ0v) is 9.49. The Bertz CT molecular complexity index is 297. The van der Waals surface area contributed by atoms with E-state index in [0.717, 1.165) is 33.0 Å². The maximum absolute atomic E-state index is 11.8. The smallest absolute Gasteiger partial charge is 0.396 e. The van der Waals surface area contributed by atoms with Crippen molar-refractivity contribution >= 4 is 17.8 Å². The van der Waals surface area contributed by atoms with Crippen LogP contribution in [0.25, 0.3) is 0 Å². The summed E-state index contributed by atoms with van der Waals surface area (Å²) in [5, 5.41) is 2.30. The fourth-order valence-corrected chi connectivity index (χ4v) is 1.62. The van der Waals surface area contributed by atoms with E-state index >= 15 is 0 Å². The van der Waals surface area contributed by atoms with E-state index in [-0.39, 0.29) is 5.91 Å². The van der Waals surface area contributed by atoms with Gasteiger partial charge in [-0.05, 0) is 19.8 Å². The molecular formula is C10H16N2O4. The summed E-state index contributed by atoms with van der Waals surface area (Å²) in [6, 6.07) is -0.690. The molecule has 6 nitrogen and oxygen atoms in total. The van der Waals surface area contributed by atoms with Crippen molar-refractivity contribution in [1.82, 2.24) is 10.2 Å². The van der Waals surface area contributed by atoms with Crippen molar-refractivity contribution in [3.05, 3.63) is 0 Å². The van der Waals surface area contributed by atoms with E-state index in [2.05, 4.69) is 10.1 Å². The van der Waals surface area contributed by atoms with Gasteiger partial charge in [-0.1, -0.05) is 0 Å². The molecule has 2 amide bonds. The number of esters is 1. The van der Waals surface area contributed by atoms with Gasteiger partial charge in [-0.15, -0.1) is 0 Å². The average Bonchev–Trinajstić information content (AvgIpc) is 2.79. The summed E-state index contributed by atoms with van der Waals surface area (Å²) in [7, 11) is 1.12. The molecule has 1 saturated heterocycles. The van der Waals surface area contributed by atoms with Crippen molar-refractivity contribution in [2.45, 2.75) is 25.8 Å². The monoisotopic (exact) mass is 228 g/mol. The highest BCUT2D eigenvalue weighted by Gasteiger charge is 2.26. The Labute approximate surface area is 93.9 Å². The summed E-state index contributed by atoms with van der Waals surface area (Å²) in [6.45, 7) is 3.00. The lowest BCUT2D eigenvalue weighted by Crippen LogP contribution is -2.48. The summed E-state index contributed by atoms with van der Waals surface area (Å²) in [4.78, 5) is 35.4. The van der Waals surface area contributed by atoms with Crippen LogP contribution in [0.4, 0.5) is 0 Å². The predicted molar refractivity (Wildman–Crippen MR) is 55.4 cm³/mol. The Kier molecular flexibility index (Phi) is 4.28. The van der Waals surface area contributed by atoms with Crippen molar-refractivity contribution in [2.75, 3.05) is 20.2 Å². The number of hydrogen-bond donors (Lipinski definition) is 1. The van der Waals surface area contributed by atoms with Crippen LogP contribution in [0.15, 0.2) is 0 Å². The van der Waals surface area contributed by atoms with Gasteiger partial charge in [0, 0.05) is 13.1 Å². The highest BCUT2D eigenvalue weighted by molar-refractivity contribution is 6.32. The van der Waals surface area contributed by atoms with Gasteiger partial charge < -0.3 is 15.0 Å². The van der Waals surface area contributed by atoms with Crippen LogP contribution in [0.2, 0.25) is 0 Å². The van der Waals surface area contributed by atoms with Crippen LogP contribution in [0, 0.1) is 0 Å². The number of amides is 2. The maximum atomic E-state index is 11.8. The summed E-state index contributed by atoms with van der Waals surface area (Å²) in [5.74, 6) is -2.03. The molecule has 0 spiro atoms. The molecule has 1 atom stereocenters. The molecule has 0 bridgehead atoms. The van der Waals surface area contributed by atoms with Crippen LogP contribution in [0.1, 0.15) is 19.8 Å². The van der Waals surface area contributed by atoms with Gasteiger partial charge in [-0.3, -0.25) is 9.59 Å². The minimum atomic E-state index is -0.985. The molecule has 6 heteroatoms. The number of carbonyl (C=O) groups excluding carboxylic acids is 3. The molecule has 0 aliphatic carbocycles. The standard InChI is InChI=1S/C10H16N2O4/c1-7(11-8(13)10(15)16-2)9(14)12-5-3-4-6-12/h7H,3-6H2,1-2H3,(H,11,13). The first-order valence-electron chi connectivity index (χ1n) is 5.24. The number of methoxy groups -OCH3 is 1. The van der Waals surface area contributed by atoms with Gasteiger partial charge in [-0.2, -0.15) is 0 Å². The number of ether oxygens (including phenoxy) is 1. The van der Waals surface area contributed by atoms with Crippen LogP contribution in [0.5, 0.6) is 0 Å². The van der Waals surface area contributed by atoms with E-state index in [1.807, 2.05) is 0 Å². The minimum absolute atomic E-state index is 0.158. The molecule has 1 heterocycles. The zero-order valence-electron chi connectivity index (χ0n) is 9.49. The van der Waals surface area contributed by atoms with E-state index in [0.29, 0.717) is 0 Å². The van der Waals surface area contributed by atoms with Gasteiger partial charge in [0.25, 0.3) is 0 Å². The van der Waals surface area contributed by atoms with Gasteiger partial charge in [0.15, 0.2) is 0 Å². The molecule has 1 rings (SSSR count). The zero-order chi connectivity index (χ0) is 12.1. The molecule has 0 saturated carbocycles. The van der Waals surface area contributed by atoms with Crippen LogP contribution in [-0.2, 0) is 19.1 Å². The van der Waals surface area contributed by atoms with Gasteiger partial charge in [0.1, 0.15) is 6.04 Å². The SMILES string of the molecule is COC(=O)C(=O)NC(C)C(=O)N1CCCC1. The number of hydrogen-bond acceptors (Lipinski definition) is 4. The highest BCUT2D eigenvalue weighted by atomic mass is 16.5. The molecule has 1 N–H and O–H groups in total. The fourth-order valence-electron chi connectivity index (χ4n) is 1.62. The molecule has 0 aromatic heterocycles. The van der Waals surface area contributed by atoms with Crippen molar-refractivity contribution < 1.29 is 19.1 Å². The number of nitrogens with one attached hydrogen (secondary N) is 1. The first kappa shape index (κ1) is 12.5. The van der Waals surface area contributed by atoms with E-state index in [1.165, 1.54) is 0 Å². The molecule has 0 aromatic rings. The second-order valence-electron chi connectivity index (χ2n) is 3.72. The molecular weight excluding hydrogens is 212 g/mol. The Balaban J connectivity index is 2.44. The summed E-state index contributed by atoms with van der Waals surface area (Å²) in [6.07, 6.45) is 1.98. The normalized spacial score (nSPS) is 16.8. The summed E-state index contributed by atoms with van der Waals surface area (Å²) < 4.78 is 4.24. The summed E-state index contributed by atoms with van der Waals surface area (Å²) in [5.41, 5.74) is 0. The predicted octanol–water partition coefficient (Wildman–Crippen LogP) is -0.713. The average molecular weight is 228 g/mol. The lowest BCUT2D eigenvalue weighted by molar-refractivity contribution is -0.153. The van der Waals surface area contributed by atoms with Crippen LogP contribution in [0.3, 0.4) is 0 Å². The second-order valence-corrected chi connectivity index (χ2v) is 3.72. The van der Waals surface area contributed by atoms with Crippen molar-refractivity contribution in [2.24, 2.45) is 0 Å². The summed E-state index contributed by atoms with van der Waals surface area (Å²) >= 11 is 0. The Morgan fingerprint density at radius 1 is 1.25 bits per heavy atom. The van der Waals surface area contributed by atoms with Gasteiger partial charge in [0.2, 0.25) is 5.91 Å². The van der Waals surface area contributed by atoms with Crippen molar-refractivity contribution in [3.8, 4) is 0 Å². The third kappa shape index (κ3) is 2.95. The van der Waals surface area contributed by atoms with E-state index < -0.39 is 17.9 Å². The van der Waals surface area contributed by atoms with Gasteiger partial charge >= 0.3 is 11.9 Å². The largest absolute Gasteiger partial charge is 0.462 e. The minimum Gasteiger partial charge on any atom is -0.462 e. The van der Waals surface area contributed by atoms with E-state index in [9.17, 15) is 14.4 Å². The van der Waals surface area contributed by atoms with Crippen LogP contribution >= 0.6 is 0 Å². The molecule has 16 heavy (non-hydrogen) atoms. The van der Waals surface area contributed by atoms with Crippen molar-refractivity contribution in [1.29, 1.82) is 0 Å². The third-order valence-corrected chi connectivity index (χ3v) is 2.51. The highest BCUT2D eigenvalue weighted by Crippen LogP contribution is 2.08. The topological polar surface area (TPSA) is 75.7 Å². The lowest BCUT2D eigenvalue weighted by Gasteiger charge is -2.20. The van der Waals surface area contributed by atoms with Crippen molar-refractivity contribution in [3.63, 3.8) is 0 Å². The molecule has 90 valence electrons. The lowest BCUT2D eigenvalue weighted by atomic mass is 10.3. The Morgan fingerprint density at radius 2 is 1.81 bits per heavy atom. The molecule has 1 aliphatic rings. The number of carbonyl (C=O) groups is 3. The molecule has 0 radical (unpaired) electrons. The first-order chi connectivity index (χ1) is 7.56. The van der Waals surface area contributed by atoms with Gasteiger partial charge in [-0.25, -0.2) is 4.79 Å². The third-order valence-electron chi connectivity index (χ3n) is 2.51. The molecule has 1 aliphatic heterocycles. The first-order valence-corrected chi connectivity index (χ1v) is 5.24. The number of nitrogens with zero attached hydrogens (tertiary/aromatic N) is 1.